The molecule has 4 N–H and O–H groups in total. The number of ether oxygens (including phenoxy) is 1. The number of benzene rings is 1. The van der Waals surface area contributed by atoms with Gasteiger partial charge >= 0.3 is 0 Å². The Bertz CT molecular complexity index is 1200. The van der Waals surface area contributed by atoms with Crippen molar-refractivity contribution in [2.45, 2.75) is 55.1 Å². The summed E-state index contributed by atoms with van der Waals surface area (Å²) >= 11 is 1.37. The fourth-order valence-electron chi connectivity index (χ4n) is 4.14. The van der Waals surface area contributed by atoms with E-state index in [1.807, 2.05) is 24.3 Å². The van der Waals surface area contributed by atoms with Gasteiger partial charge in [0.25, 0.3) is 0 Å². The van der Waals surface area contributed by atoms with Crippen LogP contribution in [-0.4, -0.2) is 38.9 Å². The molecule has 3 aromatic rings. The zero-order valence-corrected chi connectivity index (χ0v) is 19.5. The highest BCUT2D eigenvalue weighted by Gasteiger charge is 2.23. The Morgan fingerprint density at radius 3 is 2.59 bits per heavy atom. The Kier molecular flexibility index (Phi) is 7.81. The topological polar surface area (TPSA) is 145 Å². The smallest absolute Gasteiger partial charge is 0.143 e. The molecule has 4 rings (SSSR count). The number of nitrogen functional groups attached to an aromatic ring is 1. The number of nitriles is 2. The van der Waals surface area contributed by atoms with Gasteiger partial charge in [0.15, 0.2) is 0 Å². The Balaban J connectivity index is 1.53. The number of imidazole rings is 1. The lowest BCUT2D eigenvalue weighted by Gasteiger charge is -2.27. The molecule has 2 heterocycles. The maximum atomic E-state index is 10.1. The summed E-state index contributed by atoms with van der Waals surface area (Å²) in [5.74, 6) is 0.647. The maximum Gasteiger partial charge on any atom is 0.143 e. The summed E-state index contributed by atoms with van der Waals surface area (Å²) in [4.78, 5) is 11.4. The van der Waals surface area contributed by atoms with E-state index in [1.165, 1.54) is 11.8 Å². The van der Waals surface area contributed by atoms with Crippen molar-refractivity contribution < 1.29 is 9.84 Å². The molecule has 0 radical (unpaired) electrons. The third-order valence-corrected chi connectivity index (χ3v) is 6.99. The molecule has 9 heteroatoms. The summed E-state index contributed by atoms with van der Waals surface area (Å²) in [6, 6.07) is 12.1. The molecular weight excluding hydrogens is 448 g/mol. The first-order valence-corrected chi connectivity index (χ1v) is 12.2. The summed E-state index contributed by atoms with van der Waals surface area (Å²) in [6.45, 7) is 0.532. The van der Waals surface area contributed by atoms with Gasteiger partial charge in [-0.3, -0.25) is 0 Å². The molecule has 0 spiro atoms. The fraction of sp³-hybridized carbons (Fsp3) is 0.360. The first kappa shape index (κ1) is 23.8. The molecule has 1 aromatic carbocycles. The molecular formula is C25H26N6O2S. The molecule has 2 aromatic heterocycles. The van der Waals surface area contributed by atoms with Crippen LogP contribution in [0.2, 0.25) is 0 Å². The van der Waals surface area contributed by atoms with E-state index in [9.17, 15) is 15.6 Å². The number of nitrogens with one attached hydrogen (secondary N) is 1. The molecule has 1 saturated carbocycles. The molecule has 1 fully saturated rings. The molecule has 0 unspecified atom stereocenters. The molecule has 174 valence electrons. The van der Waals surface area contributed by atoms with Crippen LogP contribution in [0.15, 0.2) is 41.8 Å². The van der Waals surface area contributed by atoms with Crippen LogP contribution >= 0.6 is 11.8 Å². The highest BCUT2D eigenvalue weighted by molar-refractivity contribution is 7.98. The fourth-order valence-corrected chi connectivity index (χ4v) is 5.04. The van der Waals surface area contributed by atoms with Crippen LogP contribution in [0, 0.1) is 22.7 Å². The van der Waals surface area contributed by atoms with Gasteiger partial charge in [0.1, 0.15) is 28.5 Å². The predicted molar refractivity (Wildman–Crippen MR) is 130 cm³/mol. The van der Waals surface area contributed by atoms with Crippen LogP contribution in [0.3, 0.4) is 0 Å². The highest BCUT2D eigenvalue weighted by Crippen LogP contribution is 2.36. The molecule has 0 amide bonds. The van der Waals surface area contributed by atoms with Crippen molar-refractivity contribution >= 4 is 17.6 Å². The number of H-pyrrole nitrogens is 1. The molecule has 0 aliphatic heterocycles. The van der Waals surface area contributed by atoms with Gasteiger partial charge in [-0.25, -0.2) is 9.97 Å². The molecule has 34 heavy (non-hydrogen) atoms. The number of hydrogen-bond acceptors (Lipinski definition) is 8. The molecule has 1 aliphatic rings. The standard InChI is InChI=1S/C25H26N6O2S/c26-11-19-23(20(12-27)25(31-24(19)28)34-14-18-13-29-15-30-18)17-7-5-16(6-8-17)9-10-33-22-4-2-1-3-21(22)32/h5-8,13,15,21-22,32H,1-4,9-10,14H2,(H2,28,31)(H,29,30)/t21-,22-/m0/s1. The van der Waals surface area contributed by atoms with Crippen LogP contribution in [0.1, 0.15) is 48.1 Å². The molecule has 1 aliphatic carbocycles. The van der Waals surface area contributed by atoms with E-state index in [0.717, 1.165) is 42.5 Å². The van der Waals surface area contributed by atoms with Crippen molar-refractivity contribution in [1.29, 1.82) is 10.5 Å². The molecule has 0 saturated heterocycles. The van der Waals surface area contributed by atoms with E-state index >= 15 is 0 Å². The second-order valence-corrected chi connectivity index (χ2v) is 9.19. The van der Waals surface area contributed by atoms with Gasteiger partial charge in [0.2, 0.25) is 0 Å². The van der Waals surface area contributed by atoms with Crippen LogP contribution in [0.5, 0.6) is 0 Å². The van der Waals surface area contributed by atoms with Crippen molar-refractivity contribution in [3.8, 4) is 23.3 Å². The normalized spacial score (nSPS) is 17.7. The zero-order chi connectivity index (χ0) is 23.9. The summed E-state index contributed by atoms with van der Waals surface area (Å²) in [5, 5.41) is 30.2. The number of thioether (sulfide) groups is 1. The third-order valence-electron chi connectivity index (χ3n) is 5.97. The van der Waals surface area contributed by atoms with Gasteiger partial charge in [-0.1, -0.05) is 48.9 Å². The average Bonchev–Trinajstić information content (AvgIpc) is 3.38. The number of aliphatic hydroxyl groups is 1. The number of pyridine rings is 1. The van der Waals surface area contributed by atoms with E-state index in [-0.39, 0.29) is 23.6 Å². The average molecular weight is 475 g/mol. The van der Waals surface area contributed by atoms with Gasteiger partial charge in [-0.15, -0.1) is 0 Å². The number of aromatic amines is 1. The van der Waals surface area contributed by atoms with E-state index in [4.69, 9.17) is 10.5 Å². The van der Waals surface area contributed by atoms with Gasteiger partial charge < -0.3 is 20.6 Å². The lowest BCUT2D eigenvalue weighted by Crippen LogP contribution is -2.32. The number of anilines is 1. The quantitative estimate of drug-likeness (QED) is 0.416. The van der Waals surface area contributed by atoms with Gasteiger partial charge in [-0.05, 0) is 30.4 Å². The summed E-state index contributed by atoms with van der Waals surface area (Å²) < 4.78 is 5.91. The largest absolute Gasteiger partial charge is 0.390 e. The second kappa shape index (κ2) is 11.2. The van der Waals surface area contributed by atoms with Crippen molar-refractivity contribution in [2.24, 2.45) is 0 Å². The number of nitrogens with two attached hydrogens (primary N) is 1. The van der Waals surface area contributed by atoms with E-state index in [0.29, 0.717) is 34.9 Å². The lowest BCUT2D eigenvalue weighted by atomic mass is 9.94. The van der Waals surface area contributed by atoms with E-state index in [2.05, 4.69) is 27.1 Å². The molecule has 2 atom stereocenters. The Morgan fingerprint density at radius 1 is 1.15 bits per heavy atom. The predicted octanol–water partition coefficient (Wildman–Crippen LogP) is 3.95. The Morgan fingerprint density at radius 2 is 1.91 bits per heavy atom. The first-order chi connectivity index (χ1) is 16.6. The van der Waals surface area contributed by atoms with Gasteiger partial charge in [0.05, 0.1) is 30.7 Å². The highest BCUT2D eigenvalue weighted by atomic mass is 32.2. The summed E-state index contributed by atoms with van der Waals surface area (Å²) in [6.07, 6.45) is 7.42. The third kappa shape index (κ3) is 5.40. The SMILES string of the molecule is N#Cc1c(N)nc(SCc2cnc[nH]2)c(C#N)c1-c1ccc(CCO[C@H]2CCCC[C@@H]2O)cc1. The summed E-state index contributed by atoms with van der Waals surface area (Å²) in [7, 11) is 0. The van der Waals surface area contributed by atoms with Crippen LogP contribution in [0.4, 0.5) is 5.82 Å². The van der Waals surface area contributed by atoms with Crippen LogP contribution in [-0.2, 0) is 16.9 Å². The molecule has 0 bridgehead atoms. The number of aromatic nitrogens is 3. The molecule has 8 nitrogen and oxygen atoms in total. The number of nitrogens with zero attached hydrogens (tertiary/aromatic N) is 4. The van der Waals surface area contributed by atoms with Crippen LogP contribution in [0.25, 0.3) is 11.1 Å². The minimum absolute atomic E-state index is 0.0816. The minimum Gasteiger partial charge on any atom is -0.390 e. The summed E-state index contributed by atoms with van der Waals surface area (Å²) in [5.41, 5.74) is 9.84. The monoisotopic (exact) mass is 474 g/mol. The van der Waals surface area contributed by atoms with Crippen molar-refractivity contribution in [2.75, 3.05) is 12.3 Å². The van der Waals surface area contributed by atoms with Crippen LogP contribution < -0.4 is 5.73 Å². The lowest BCUT2D eigenvalue weighted by molar-refractivity contribution is -0.0575. The van der Waals surface area contributed by atoms with Gasteiger partial charge in [0, 0.05) is 23.2 Å². The number of aliphatic hydroxyl groups excluding tert-OH is 1. The van der Waals surface area contributed by atoms with Crippen molar-refractivity contribution in [3.63, 3.8) is 0 Å². The Hall–Kier alpha value is -3.37. The first-order valence-electron chi connectivity index (χ1n) is 11.2. The Labute approximate surface area is 202 Å². The maximum absolute atomic E-state index is 10.1. The number of hydrogen-bond donors (Lipinski definition) is 3. The van der Waals surface area contributed by atoms with Crippen molar-refractivity contribution in [1.82, 2.24) is 15.0 Å². The second-order valence-electron chi connectivity index (χ2n) is 8.22. The zero-order valence-electron chi connectivity index (χ0n) is 18.7. The van der Waals surface area contributed by atoms with Crippen molar-refractivity contribution in [3.05, 3.63) is 59.2 Å². The van der Waals surface area contributed by atoms with E-state index in [1.54, 1.807) is 12.5 Å². The number of rotatable bonds is 8. The minimum atomic E-state index is -0.373. The van der Waals surface area contributed by atoms with E-state index < -0.39 is 0 Å². The van der Waals surface area contributed by atoms with Gasteiger partial charge in [-0.2, -0.15) is 10.5 Å².